The van der Waals surface area contributed by atoms with Crippen LogP contribution in [0.15, 0.2) is 18.2 Å². The average Bonchev–Trinajstić information content (AvgIpc) is 2.36. The second-order valence-corrected chi connectivity index (χ2v) is 4.73. The van der Waals surface area contributed by atoms with Crippen molar-refractivity contribution < 1.29 is 14.6 Å². The normalized spacial score (nSPS) is 13.3. The lowest BCUT2D eigenvalue weighted by Gasteiger charge is -2.30. The quantitative estimate of drug-likeness (QED) is 0.821. The smallest absolute Gasteiger partial charge is 0.123 e. The van der Waals surface area contributed by atoms with Crippen LogP contribution in [0.5, 0.6) is 11.5 Å². The van der Waals surface area contributed by atoms with Crippen LogP contribution in [0.25, 0.3) is 0 Å². The molecule has 3 N–H and O–H groups in total. The summed E-state index contributed by atoms with van der Waals surface area (Å²) in [7, 11) is 3.21. The van der Waals surface area contributed by atoms with E-state index < -0.39 is 5.41 Å². The first-order valence-corrected chi connectivity index (χ1v) is 5.54. The van der Waals surface area contributed by atoms with Crippen LogP contribution in [-0.2, 0) is 0 Å². The molecule has 0 aliphatic heterocycles. The number of methoxy groups -OCH3 is 2. The van der Waals surface area contributed by atoms with E-state index in [2.05, 4.69) is 0 Å². The Hall–Kier alpha value is -1.26. The van der Waals surface area contributed by atoms with E-state index in [4.69, 9.17) is 15.2 Å². The van der Waals surface area contributed by atoms with Crippen LogP contribution in [-0.4, -0.2) is 25.9 Å². The highest BCUT2D eigenvalue weighted by atomic mass is 16.5. The lowest BCUT2D eigenvalue weighted by atomic mass is 9.81. The van der Waals surface area contributed by atoms with Gasteiger partial charge in [-0.1, -0.05) is 13.8 Å². The van der Waals surface area contributed by atoms with Crippen LogP contribution in [0.1, 0.15) is 25.5 Å². The highest BCUT2D eigenvalue weighted by Crippen LogP contribution is 2.37. The third-order valence-electron chi connectivity index (χ3n) is 3.02. The molecule has 0 aliphatic rings. The monoisotopic (exact) mass is 239 g/mol. The molecule has 0 aliphatic carbocycles. The third kappa shape index (κ3) is 2.90. The zero-order valence-corrected chi connectivity index (χ0v) is 10.9. The van der Waals surface area contributed by atoms with E-state index >= 15 is 0 Å². The van der Waals surface area contributed by atoms with E-state index in [0.717, 1.165) is 11.3 Å². The Balaban J connectivity index is 3.18. The second-order valence-electron chi connectivity index (χ2n) is 4.73. The van der Waals surface area contributed by atoms with Gasteiger partial charge in [0.25, 0.3) is 0 Å². The maximum Gasteiger partial charge on any atom is 0.123 e. The van der Waals surface area contributed by atoms with Crippen LogP contribution in [0, 0.1) is 5.41 Å². The molecule has 0 aromatic heterocycles. The first-order chi connectivity index (χ1) is 7.96. The molecule has 0 unspecified atom stereocenters. The van der Waals surface area contributed by atoms with Gasteiger partial charge in [-0.2, -0.15) is 0 Å². The number of rotatable bonds is 5. The van der Waals surface area contributed by atoms with Crippen molar-refractivity contribution in [3.05, 3.63) is 23.8 Å². The van der Waals surface area contributed by atoms with Crippen molar-refractivity contribution >= 4 is 0 Å². The summed E-state index contributed by atoms with van der Waals surface area (Å²) >= 11 is 0. The standard InChI is InChI=1S/C13H21NO3/c1-13(2,8-15)12(14)10-7-9(16-3)5-6-11(10)17-4/h5-7,12,15H,8,14H2,1-4H3/t12-/m1/s1. The van der Waals surface area contributed by atoms with Crippen molar-refractivity contribution in [3.8, 4) is 11.5 Å². The molecule has 0 radical (unpaired) electrons. The molecule has 1 atom stereocenters. The molecule has 17 heavy (non-hydrogen) atoms. The molecule has 0 amide bonds. The van der Waals surface area contributed by atoms with E-state index in [1.54, 1.807) is 14.2 Å². The van der Waals surface area contributed by atoms with Crippen molar-refractivity contribution in [2.75, 3.05) is 20.8 Å². The molecule has 4 nitrogen and oxygen atoms in total. The molecule has 1 rings (SSSR count). The molecule has 0 bridgehead atoms. The van der Waals surface area contributed by atoms with Gasteiger partial charge in [-0.25, -0.2) is 0 Å². The molecule has 0 saturated heterocycles. The van der Waals surface area contributed by atoms with Crippen LogP contribution in [0.4, 0.5) is 0 Å². The molecule has 1 aromatic carbocycles. The third-order valence-corrected chi connectivity index (χ3v) is 3.02. The molecule has 0 saturated carbocycles. The lowest BCUT2D eigenvalue weighted by Crippen LogP contribution is -2.32. The van der Waals surface area contributed by atoms with Crippen molar-refractivity contribution in [1.82, 2.24) is 0 Å². The van der Waals surface area contributed by atoms with Gasteiger partial charge in [-0.15, -0.1) is 0 Å². The summed E-state index contributed by atoms with van der Waals surface area (Å²) in [6, 6.07) is 5.17. The fourth-order valence-corrected chi connectivity index (χ4v) is 1.60. The van der Waals surface area contributed by atoms with Crippen molar-refractivity contribution in [1.29, 1.82) is 0 Å². The zero-order chi connectivity index (χ0) is 13.1. The summed E-state index contributed by atoms with van der Waals surface area (Å²) in [4.78, 5) is 0. The van der Waals surface area contributed by atoms with Crippen LogP contribution in [0.3, 0.4) is 0 Å². The summed E-state index contributed by atoms with van der Waals surface area (Å²) in [6.45, 7) is 3.84. The summed E-state index contributed by atoms with van der Waals surface area (Å²) < 4.78 is 10.5. The molecule has 1 aromatic rings. The fourth-order valence-electron chi connectivity index (χ4n) is 1.60. The van der Waals surface area contributed by atoms with Crippen molar-refractivity contribution in [2.45, 2.75) is 19.9 Å². The van der Waals surface area contributed by atoms with Crippen LogP contribution < -0.4 is 15.2 Å². The zero-order valence-electron chi connectivity index (χ0n) is 10.9. The van der Waals surface area contributed by atoms with Crippen molar-refractivity contribution in [2.24, 2.45) is 11.1 Å². The Bertz CT molecular complexity index is 377. The van der Waals surface area contributed by atoms with E-state index in [0.29, 0.717) is 5.75 Å². The maximum atomic E-state index is 9.36. The highest BCUT2D eigenvalue weighted by molar-refractivity contribution is 5.42. The number of hydrogen-bond acceptors (Lipinski definition) is 4. The number of aliphatic hydroxyl groups excluding tert-OH is 1. The predicted molar refractivity (Wildman–Crippen MR) is 67.3 cm³/mol. The Labute approximate surface area is 102 Å². The van der Waals surface area contributed by atoms with Gasteiger partial charge in [0, 0.05) is 23.6 Å². The number of nitrogens with two attached hydrogens (primary N) is 1. The van der Waals surface area contributed by atoms with Gasteiger partial charge in [0.15, 0.2) is 0 Å². The van der Waals surface area contributed by atoms with E-state index in [9.17, 15) is 5.11 Å². The minimum Gasteiger partial charge on any atom is -0.497 e. The topological polar surface area (TPSA) is 64.7 Å². The van der Waals surface area contributed by atoms with Crippen LogP contribution in [0.2, 0.25) is 0 Å². The molecule has 0 spiro atoms. The van der Waals surface area contributed by atoms with Crippen LogP contribution >= 0.6 is 0 Å². The number of aliphatic hydroxyl groups is 1. The Morgan fingerprint density at radius 1 is 1.29 bits per heavy atom. The van der Waals surface area contributed by atoms with Gasteiger partial charge in [-0.3, -0.25) is 0 Å². The molecule has 4 heteroatoms. The summed E-state index contributed by atoms with van der Waals surface area (Å²) in [6.07, 6.45) is 0. The highest BCUT2D eigenvalue weighted by Gasteiger charge is 2.29. The molecule has 0 fully saturated rings. The van der Waals surface area contributed by atoms with Gasteiger partial charge >= 0.3 is 0 Å². The van der Waals surface area contributed by atoms with Gasteiger partial charge < -0.3 is 20.3 Å². The Kier molecular flexibility index (Phi) is 4.37. The molecular weight excluding hydrogens is 218 g/mol. The summed E-state index contributed by atoms with van der Waals surface area (Å²) in [5.74, 6) is 1.44. The summed E-state index contributed by atoms with van der Waals surface area (Å²) in [5, 5.41) is 9.36. The largest absolute Gasteiger partial charge is 0.497 e. The first kappa shape index (κ1) is 13.8. The van der Waals surface area contributed by atoms with Gasteiger partial charge in [0.05, 0.1) is 14.2 Å². The lowest BCUT2D eigenvalue weighted by molar-refractivity contribution is 0.131. The molecular formula is C13H21NO3. The SMILES string of the molecule is COc1ccc(OC)c([C@@H](N)C(C)(C)CO)c1. The first-order valence-electron chi connectivity index (χ1n) is 5.54. The number of ether oxygens (including phenoxy) is 2. The van der Waals surface area contributed by atoms with Gasteiger partial charge in [0.1, 0.15) is 11.5 Å². The minimum atomic E-state index is -0.417. The second kappa shape index (κ2) is 5.38. The fraction of sp³-hybridized carbons (Fsp3) is 0.538. The minimum absolute atomic E-state index is 0.00846. The summed E-state index contributed by atoms with van der Waals surface area (Å²) in [5.41, 5.74) is 6.61. The van der Waals surface area contributed by atoms with E-state index in [1.165, 1.54) is 0 Å². The number of benzene rings is 1. The van der Waals surface area contributed by atoms with Gasteiger partial charge in [-0.05, 0) is 18.2 Å². The maximum absolute atomic E-state index is 9.36. The van der Waals surface area contributed by atoms with E-state index in [-0.39, 0.29) is 12.6 Å². The van der Waals surface area contributed by atoms with Gasteiger partial charge in [0.2, 0.25) is 0 Å². The molecule has 96 valence electrons. The average molecular weight is 239 g/mol. The Morgan fingerprint density at radius 3 is 2.41 bits per heavy atom. The van der Waals surface area contributed by atoms with E-state index in [1.807, 2.05) is 32.0 Å². The predicted octanol–water partition coefficient (Wildman–Crippen LogP) is 1.72. The molecule has 0 heterocycles. The Morgan fingerprint density at radius 2 is 1.94 bits per heavy atom. The van der Waals surface area contributed by atoms with Crippen molar-refractivity contribution in [3.63, 3.8) is 0 Å². The number of hydrogen-bond donors (Lipinski definition) is 2.